The van der Waals surface area contributed by atoms with Gasteiger partial charge in [0.2, 0.25) is 5.88 Å². The Morgan fingerprint density at radius 2 is 1.79 bits per heavy atom. The van der Waals surface area contributed by atoms with Crippen LogP contribution in [0.4, 0.5) is 5.69 Å². The van der Waals surface area contributed by atoms with Gasteiger partial charge in [-0.1, -0.05) is 36.7 Å². The maximum absolute atomic E-state index is 15.1. The smallest absolute Gasteiger partial charge is 0.286 e. The zero-order chi connectivity index (χ0) is 43.9. The lowest BCUT2D eigenvalue weighted by molar-refractivity contribution is -0.0158. The molecule has 1 unspecified atom stereocenters. The Morgan fingerprint density at radius 3 is 2.53 bits per heavy atom. The Morgan fingerprint density at radius 1 is 1.02 bits per heavy atom. The number of hydrogen-bond donors (Lipinski definition) is 1. The highest BCUT2D eigenvalue weighted by molar-refractivity contribution is 7.92. The summed E-state index contributed by atoms with van der Waals surface area (Å²) in [7, 11) is 2.57. The molecule has 15 nitrogen and oxygen atoms in total. The number of amides is 2. The SMILES string of the molecule is COCCOCCOCCO[C@H]1C=C[C@H](OC)[C@@H]2CC[C@H]2CN2C[C@@]3(CCCc4cc(Cl)ccc43)COc3ccc(cc32)C(=O)N=S(=O)(NC(=O)c2cn(C)nc2OC)C[C@H]1C. The summed E-state index contributed by atoms with van der Waals surface area (Å²) in [4.78, 5) is 30.6. The van der Waals surface area contributed by atoms with Crippen LogP contribution in [0, 0.1) is 17.8 Å². The summed E-state index contributed by atoms with van der Waals surface area (Å²) in [6.45, 7) is 5.97. The average molecular weight is 899 g/mol. The minimum atomic E-state index is -3.81. The number of methoxy groups -OCH3 is 3. The number of nitrogens with zero attached hydrogens (tertiary/aromatic N) is 4. The van der Waals surface area contributed by atoms with Crippen LogP contribution in [0.1, 0.15) is 64.4 Å². The number of aryl methyl sites for hydroxylation is 2. The van der Waals surface area contributed by atoms with Crippen molar-refractivity contribution in [1.29, 1.82) is 0 Å². The second kappa shape index (κ2) is 20.6. The van der Waals surface area contributed by atoms with Crippen molar-refractivity contribution >= 4 is 39.0 Å². The average Bonchev–Trinajstić information content (AvgIpc) is 3.56. The summed E-state index contributed by atoms with van der Waals surface area (Å²) in [5.74, 6) is -1.01. The predicted molar refractivity (Wildman–Crippen MR) is 236 cm³/mol. The molecular weight excluding hydrogens is 838 g/mol. The van der Waals surface area contributed by atoms with E-state index in [2.05, 4.69) is 31.2 Å². The fraction of sp³-hybridized carbons (Fsp3) is 0.578. The van der Waals surface area contributed by atoms with Crippen LogP contribution < -0.4 is 19.1 Å². The molecule has 7 rings (SSSR count). The lowest BCUT2D eigenvalue weighted by Gasteiger charge is -2.46. The first-order valence-corrected chi connectivity index (χ1v) is 23.5. The van der Waals surface area contributed by atoms with Gasteiger partial charge in [0.25, 0.3) is 11.8 Å². The summed E-state index contributed by atoms with van der Waals surface area (Å²) < 4.78 is 64.5. The van der Waals surface area contributed by atoms with Crippen LogP contribution in [-0.4, -0.2) is 124 Å². The third-order valence-corrected chi connectivity index (χ3v) is 14.7. The van der Waals surface area contributed by atoms with Gasteiger partial charge in [0.1, 0.15) is 21.2 Å². The van der Waals surface area contributed by atoms with E-state index in [1.54, 1.807) is 39.5 Å². The third kappa shape index (κ3) is 10.7. The maximum Gasteiger partial charge on any atom is 0.286 e. The highest BCUT2D eigenvalue weighted by Gasteiger charge is 2.44. The highest BCUT2D eigenvalue weighted by Crippen LogP contribution is 2.47. The van der Waals surface area contributed by atoms with Crippen LogP contribution >= 0.6 is 11.6 Å². The topological polar surface area (TPSA) is 161 Å². The van der Waals surface area contributed by atoms with E-state index in [1.807, 2.05) is 25.1 Å². The second-order valence-electron chi connectivity index (χ2n) is 16.8. The fourth-order valence-corrected chi connectivity index (χ4v) is 11.3. The number of nitrogens with one attached hydrogen (secondary N) is 1. The largest absolute Gasteiger partial charge is 0.490 e. The molecule has 1 aromatic heterocycles. The minimum Gasteiger partial charge on any atom is -0.490 e. The molecule has 1 fully saturated rings. The number of halogens is 1. The molecule has 2 amide bonds. The molecule has 62 heavy (non-hydrogen) atoms. The van der Waals surface area contributed by atoms with Gasteiger partial charge in [0.05, 0.1) is 77.0 Å². The van der Waals surface area contributed by atoms with Crippen LogP contribution in [0.5, 0.6) is 11.6 Å². The molecule has 1 saturated carbocycles. The fourth-order valence-electron chi connectivity index (χ4n) is 9.23. The van der Waals surface area contributed by atoms with E-state index in [0.29, 0.717) is 56.9 Å². The predicted octanol–water partition coefficient (Wildman–Crippen LogP) is 5.82. The Labute approximate surface area is 370 Å². The number of carbonyl (C=O) groups excluding carboxylic acids is 2. The number of rotatable bonds is 14. The van der Waals surface area contributed by atoms with Crippen molar-refractivity contribution in [2.45, 2.75) is 56.7 Å². The Hall–Kier alpha value is -4.03. The number of ether oxygens (including phenoxy) is 7. The monoisotopic (exact) mass is 897 g/mol. The molecule has 3 heterocycles. The van der Waals surface area contributed by atoms with Gasteiger partial charge in [0, 0.05) is 62.5 Å². The molecule has 7 atom stereocenters. The molecule has 1 N–H and O–H groups in total. The Balaban J connectivity index is 1.25. The number of anilines is 1. The van der Waals surface area contributed by atoms with Crippen LogP contribution in [0.3, 0.4) is 0 Å². The van der Waals surface area contributed by atoms with Gasteiger partial charge in [-0.25, -0.2) is 4.21 Å². The normalized spacial score (nSPS) is 27.3. The standard InChI is InChI=1S/C45H60ClN5O10S/c1-30-27-62(54,49-43(53)36-26-50(2)47-44(36)57-5)48-42(52)32-9-13-41-38(24-32)51(28-45(29-61-41)16-6-7-31-23-34(46)10-12-37(31)45)25-33-8-11-35(33)40(56-4)15-14-39(30)60-22-21-59-20-19-58-18-17-55-3/h9-10,12-15,23-24,26,30,33,35,39-40H,6-8,11,16-22,25,27-29H2,1-5H3,(H,48,49,52,53,54)/t30-,33+,35-,39+,40+,45+,62?/m1/s1. The van der Waals surface area contributed by atoms with Gasteiger partial charge in [0.15, 0.2) is 0 Å². The van der Waals surface area contributed by atoms with E-state index < -0.39 is 33.8 Å². The number of benzene rings is 2. The molecule has 3 aromatic rings. The second-order valence-corrected chi connectivity index (χ2v) is 19.2. The van der Waals surface area contributed by atoms with Gasteiger partial charge in [-0.3, -0.25) is 19.0 Å². The summed E-state index contributed by atoms with van der Waals surface area (Å²) in [5.41, 5.74) is 3.20. The maximum atomic E-state index is 15.1. The molecule has 2 bridgehead atoms. The lowest BCUT2D eigenvalue weighted by atomic mass is 9.68. The minimum absolute atomic E-state index is 0.0426. The van der Waals surface area contributed by atoms with Crippen molar-refractivity contribution in [2.75, 3.05) is 91.3 Å². The molecule has 1 spiro atoms. The van der Waals surface area contributed by atoms with Crippen LogP contribution in [0.15, 0.2) is 59.1 Å². The Kier molecular flexibility index (Phi) is 15.3. The van der Waals surface area contributed by atoms with Gasteiger partial charge in [-0.15, -0.1) is 9.46 Å². The molecule has 0 radical (unpaired) electrons. The first-order valence-electron chi connectivity index (χ1n) is 21.4. The lowest BCUT2D eigenvalue weighted by Crippen LogP contribution is -2.49. The van der Waals surface area contributed by atoms with Crippen molar-refractivity contribution in [2.24, 2.45) is 29.2 Å². The number of hydrogen-bond acceptors (Lipinski definition) is 12. The number of aromatic nitrogens is 2. The summed E-state index contributed by atoms with van der Waals surface area (Å²) in [6, 6.07) is 11.4. The molecule has 4 aliphatic rings. The van der Waals surface area contributed by atoms with E-state index in [1.165, 1.54) is 29.1 Å². The molecule has 2 aromatic carbocycles. The quantitative estimate of drug-likeness (QED) is 0.153. The number of carbonyl (C=O) groups is 2. The van der Waals surface area contributed by atoms with Crippen molar-refractivity contribution in [3.63, 3.8) is 0 Å². The van der Waals surface area contributed by atoms with Gasteiger partial charge >= 0.3 is 0 Å². The van der Waals surface area contributed by atoms with Crippen molar-refractivity contribution in [1.82, 2.24) is 14.5 Å². The van der Waals surface area contributed by atoms with E-state index in [9.17, 15) is 9.59 Å². The van der Waals surface area contributed by atoms with Gasteiger partial charge in [-0.2, -0.15) is 0 Å². The van der Waals surface area contributed by atoms with E-state index >= 15 is 4.21 Å². The molecule has 338 valence electrons. The first-order chi connectivity index (χ1) is 29.9. The Bertz CT molecular complexity index is 2210. The summed E-state index contributed by atoms with van der Waals surface area (Å²) in [5, 5.41) is 4.90. The van der Waals surface area contributed by atoms with Crippen molar-refractivity contribution in [3.05, 3.63) is 82.0 Å². The third-order valence-electron chi connectivity index (χ3n) is 12.5. The zero-order valence-electron chi connectivity index (χ0n) is 36.3. The highest BCUT2D eigenvalue weighted by atomic mass is 35.5. The number of fused-ring (bicyclic) bond motifs is 4. The van der Waals surface area contributed by atoms with Crippen LogP contribution in [0.2, 0.25) is 5.02 Å². The van der Waals surface area contributed by atoms with E-state index in [0.717, 1.165) is 37.8 Å². The van der Waals surface area contributed by atoms with Gasteiger partial charge < -0.3 is 38.1 Å². The molecule has 0 saturated heterocycles. The first kappa shape index (κ1) is 46.0. The van der Waals surface area contributed by atoms with Crippen LogP contribution in [-0.2, 0) is 52.5 Å². The molecule has 2 aliphatic heterocycles. The van der Waals surface area contributed by atoms with Crippen molar-refractivity contribution < 1.29 is 47.0 Å². The molecule has 17 heteroatoms. The van der Waals surface area contributed by atoms with Crippen molar-refractivity contribution in [3.8, 4) is 11.6 Å². The van der Waals surface area contributed by atoms with Gasteiger partial charge in [-0.05, 0) is 85.4 Å². The van der Waals surface area contributed by atoms with E-state index in [4.69, 9.17) is 44.8 Å². The summed E-state index contributed by atoms with van der Waals surface area (Å²) >= 11 is 6.50. The molecule has 2 aliphatic carbocycles. The van der Waals surface area contributed by atoms with Crippen LogP contribution in [0.25, 0.3) is 0 Å². The summed E-state index contributed by atoms with van der Waals surface area (Å²) in [6.07, 6.45) is 9.48. The zero-order valence-corrected chi connectivity index (χ0v) is 37.9. The molecular formula is C45H60ClN5O10S. The van der Waals surface area contributed by atoms with E-state index in [-0.39, 0.29) is 59.3 Å².